The Hall–Kier alpha value is -3.63. The number of methoxy groups -OCH3 is 1. The van der Waals surface area contributed by atoms with Crippen molar-refractivity contribution in [3.8, 4) is 17.1 Å². The molecule has 2 aromatic heterocycles. The number of pyridine rings is 1. The summed E-state index contributed by atoms with van der Waals surface area (Å²) in [7, 11) is 3.39. The summed E-state index contributed by atoms with van der Waals surface area (Å²) >= 11 is 0. The van der Waals surface area contributed by atoms with Crippen LogP contribution in [0.4, 0.5) is 8.78 Å². The van der Waals surface area contributed by atoms with Crippen LogP contribution in [-0.2, 0) is 18.2 Å². The molecule has 0 radical (unpaired) electrons. The Morgan fingerprint density at radius 2 is 2.00 bits per heavy atom. The second-order valence-electron chi connectivity index (χ2n) is 10.5. The van der Waals surface area contributed by atoms with Gasteiger partial charge in [-0.25, -0.2) is 4.98 Å². The Morgan fingerprint density at radius 3 is 2.72 bits per heavy atom. The van der Waals surface area contributed by atoms with E-state index >= 15 is 0 Å². The van der Waals surface area contributed by atoms with Crippen LogP contribution in [0.1, 0.15) is 35.2 Å². The van der Waals surface area contributed by atoms with E-state index in [1.165, 1.54) is 18.9 Å². The zero-order valence-electron chi connectivity index (χ0n) is 21.9. The minimum absolute atomic E-state index is 0.0885. The molecular weight excluding hydrogens is 504 g/mol. The fraction of sp³-hybridized carbons (Fsp3) is 0.414. The number of nitrogens with two attached hydrogens (primary N) is 1. The number of fused-ring (bicyclic) bond motifs is 2. The number of carbonyl (C=O) groups is 1. The predicted molar refractivity (Wildman–Crippen MR) is 144 cm³/mol. The van der Waals surface area contributed by atoms with Gasteiger partial charge in [0.25, 0.3) is 5.91 Å². The van der Waals surface area contributed by atoms with Gasteiger partial charge in [0.2, 0.25) is 0 Å². The maximum Gasteiger partial charge on any atom is 0.387 e. The zero-order valence-corrected chi connectivity index (χ0v) is 21.9. The standard InChI is InChI=1S/C29H31F2N5O3/c1-35-26-23(34-27(35)20-11-17-4-3-8-33-22(17)12-18(20)10-16-5-6-16)13-19(14-25(26)39-29(30)31)28(37)36-9-7-24(38-2)21(32)15-36/h3-4,8,11-14,16,21,24,29H,5-7,9-10,15,32H2,1-2H3/t21-,24+/m0/s1. The molecule has 0 unspecified atom stereocenters. The third-order valence-electron chi connectivity index (χ3n) is 7.85. The van der Waals surface area contributed by atoms with E-state index in [1.54, 1.807) is 35.9 Å². The molecule has 1 saturated carbocycles. The summed E-state index contributed by atoms with van der Waals surface area (Å²) in [6.45, 7) is -2.29. The molecule has 10 heteroatoms. The average Bonchev–Trinajstić information content (AvgIpc) is 3.67. The van der Waals surface area contributed by atoms with E-state index in [0.29, 0.717) is 42.3 Å². The number of likely N-dealkylation sites (tertiary alicyclic amines) is 1. The molecule has 3 heterocycles. The molecule has 2 fully saturated rings. The van der Waals surface area contributed by atoms with Gasteiger partial charge in [0, 0.05) is 56.0 Å². The van der Waals surface area contributed by atoms with Crippen molar-refractivity contribution < 1.29 is 23.0 Å². The number of carbonyl (C=O) groups excluding carboxylic acids is 1. The van der Waals surface area contributed by atoms with Gasteiger partial charge in [0.05, 0.1) is 17.1 Å². The second-order valence-corrected chi connectivity index (χ2v) is 10.5. The summed E-state index contributed by atoms with van der Waals surface area (Å²) in [5.41, 5.74) is 10.2. The van der Waals surface area contributed by atoms with E-state index in [0.717, 1.165) is 28.5 Å². The predicted octanol–water partition coefficient (Wildman–Crippen LogP) is 4.53. The van der Waals surface area contributed by atoms with Gasteiger partial charge in [-0.3, -0.25) is 9.78 Å². The Kier molecular flexibility index (Phi) is 6.68. The summed E-state index contributed by atoms with van der Waals surface area (Å²) < 4.78 is 39.2. The first-order valence-corrected chi connectivity index (χ1v) is 13.2. The van der Waals surface area contributed by atoms with E-state index in [-0.39, 0.29) is 29.4 Å². The van der Waals surface area contributed by atoms with Crippen LogP contribution in [0.25, 0.3) is 33.3 Å². The molecule has 1 aliphatic heterocycles. The Morgan fingerprint density at radius 1 is 1.18 bits per heavy atom. The number of aromatic nitrogens is 3. The van der Waals surface area contributed by atoms with Crippen molar-refractivity contribution in [2.45, 2.75) is 44.4 Å². The highest BCUT2D eigenvalue weighted by molar-refractivity contribution is 6.00. The molecule has 1 amide bonds. The van der Waals surface area contributed by atoms with Crippen LogP contribution >= 0.6 is 0 Å². The van der Waals surface area contributed by atoms with Gasteiger partial charge in [-0.2, -0.15) is 8.78 Å². The maximum absolute atomic E-state index is 13.5. The van der Waals surface area contributed by atoms with Gasteiger partial charge in [0.15, 0.2) is 5.75 Å². The normalized spacial score (nSPS) is 19.8. The van der Waals surface area contributed by atoms with Gasteiger partial charge in [-0.15, -0.1) is 0 Å². The highest BCUT2D eigenvalue weighted by Gasteiger charge is 2.31. The average molecular weight is 536 g/mol. The van der Waals surface area contributed by atoms with Gasteiger partial charge < -0.3 is 24.7 Å². The molecule has 2 atom stereocenters. The van der Waals surface area contributed by atoms with Gasteiger partial charge >= 0.3 is 6.61 Å². The topological polar surface area (TPSA) is 95.5 Å². The minimum atomic E-state index is -3.06. The molecule has 8 nitrogen and oxygen atoms in total. The number of alkyl halides is 2. The van der Waals surface area contributed by atoms with Crippen LogP contribution in [0.2, 0.25) is 0 Å². The van der Waals surface area contributed by atoms with Crippen molar-refractivity contribution in [1.29, 1.82) is 0 Å². The monoisotopic (exact) mass is 535 g/mol. The van der Waals surface area contributed by atoms with Crippen LogP contribution in [-0.4, -0.2) is 64.3 Å². The van der Waals surface area contributed by atoms with Crippen molar-refractivity contribution in [3.05, 3.63) is 53.7 Å². The quantitative estimate of drug-likeness (QED) is 0.374. The van der Waals surface area contributed by atoms with E-state index in [9.17, 15) is 13.6 Å². The molecule has 1 aliphatic carbocycles. The molecule has 204 valence electrons. The molecule has 2 aliphatic rings. The summed E-state index contributed by atoms with van der Waals surface area (Å²) in [4.78, 5) is 24.5. The highest BCUT2D eigenvalue weighted by Crippen LogP contribution is 2.39. The van der Waals surface area contributed by atoms with Gasteiger partial charge in [-0.05, 0) is 67.5 Å². The number of piperidine rings is 1. The van der Waals surface area contributed by atoms with Gasteiger partial charge in [-0.1, -0.05) is 6.07 Å². The Balaban J connectivity index is 1.46. The third-order valence-corrected chi connectivity index (χ3v) is 7.85. The van der Waals surface area contributed by atoms with Crippen molar-refractivity contribution in [2.75, 3.05) is 20.2 Å². The van der Waals surface area contributed by atoms with Crippen LogP contribution in [0, 0.1) is 5.92 Å². The minimum Gasteiger partial charge on any atom is -0.432 e. The second kappa shape index (κ2) is 10.2. The first-order valence-electron chi connectivity index (χ1n) is 13.2. The van der Waals surface area contributed by atoms with Crippen molar-refractivity contribution in [3.63, 3.8) is 0 Å². The lowest BCUT2D eigenvalue weighted by atomic mass is 9.98. The lowest BCUT2D eigenvalue weighted by molar-refractivity contribution is -0.0490. The van der Waals surface area contributed by atoms with E-state index in [4.69, 9.17) is 20.2 Å². The van der Waals surface area contributed by atoms with Crippen molar-refractivity contribution in [1.82, 2.24) is 19.4 Å². The van der Waals surface area contributed by atoms with E-state index in [2.05, 4.69) is 17.1 Å². The highest BCUT2D eigenvalue weighted by atomic mass is 19.3. The molecule has 39 heavy (non-hydrogen) atoms. The first-order chi connectivity index (χ1) is 18.8. The smallest absolute Gasteiger partial charge is 0.387 e. The third kappa shape index (κ3) is 4.94. The van der Waals surface area contributed by atoms with Gasteiger partial charge in [0.1, 0.15) is 11.3 Å². The molecular formula is C29H31F2N5O3. The molecule has 2 aromatic carbocycles. The van der Waals surface area contributed by atoms with Crippen molar-refractivity contribution >= 4 is 27.8 Å². The van der Waals surface area contributed by atoms with Crippen molar-refractivity contribution in [2.24, 2.45) is 18.7 Å². The molecule has 1 saturated heterocycles. The number of aryl methyl sites for hydroxylation is 1. The van der Waals surface area contributed by atoms with Crippen LogP contribution in [0.3, 0.4) is 0 Å². The first kappa shape index (κ1) is 25.6. The summed E-state index contributed by atoms with van der Waals surface area (Å²) in [5, 5.41) is 0.967. The number of nitrogens with zero attached hydrogens (tertiary/aromatic N) is 4. The molecule has 6 rings (SSSR count). The number of amides is 1. The summed E-state index contributed by atoms with van der Waals surface area (Å²) in [6, 6.07) is 10.7. The Bertz CT molecular complexity index is 1550. The zero-order chi connectivity index (χ0) is 27.3. The largest absolute Gasteiger partial charge is 0.432 e. The molecule has 4 aromatic rings. The number of hydrogen-bond donors (Lipinski definition) is 1. The number of hydrogen-bond acceptors (Lipinski definition) is 6. The fourth-order valence-electron chi connectivity index (χ4n) is 5.65. The van der Waals surface area contributed by atoms with E-state index in [1.807, 2.05) is 12.1 Å². The van der Waals surface area contributed by atoms with E-state index < -0.39 is 6.61 Å². The SMILES string of the molecule is CO[C@@H]1CCN(C(=O)c2cc(OC(F)F)c3c(c2)nc(-c2cc4cccnc4cc2CC2CC2)n3C)C[C@@H]1N. The summed E-state index contributed by atoms with van der Waals surface area (Å²) in [6.07, 6.45) is 5.51. The molecule has 0 bridgehead atoms. The Labute approximate surface area is 224 Å². The number of imidazole rings is 1. The lowest BCUT2D eigenvalue weighted by Gasteiger charge is -2.36. The lowest BCUT2D eigenvalue weighted by Crippen LogP contribution is -2.53. The van der Waals surface area contributed by atoms with Crippen LogP contribution in [0.15, 0.2) is 42.6 Å². The molecule has 2 N–H and O–H groups in total. The maximum atomic E-state index is 13.5. The number of benzene rings is 2. The fourth-order valence-corrected chi connectivity index (χ4v) is 5.65. The molecule has 0 spiro atoms. The van der Waals surface area contributed by atoms with Crippen LogP contribution < -0.4 is 10.5 Å². The van der Waals surface area contributed by atoms with Crippen LogP contribution in [0.5, 0.6) is 5.75 Å². The number of halogens is 2. The summed E-state index contributed by atoms with van der Waals surface area (Å²) in [5.74, 6) is 0.849. The number of rotatable bonds is 7. The number of ether oxygens (including phenoxy) is 2.